The monoisotopic (exact) mass is 891 g/mol. The maximum Gasteiger partial charge on any atom is 0.227 e. The molecule has 0 N–H and O–H groups in total. The SMILES string of the molecule is CC1(C)c2ccccc2-c2cc3c(-c4ccc5c6c(cccc46)C4C=CC=CC54)c4ccc(-c5ccc(-c6nc7ccccc7o6)cc5)cc4c(-c4ccc5c6c(cccc46)C4C=CC=CC54)c3cc21. The Bertz CT molecular complexity index is 4200. The van der Waals surface area contributed by atoms with E-state index >= 15 is 0 Å². The molecular weight excluding hydrogens is 847 g/mol. The van der Waals surface area contributed by atoms with E-state index < -0.39 is 0 Å². The van der Waals surface area contributed by atoms with E-state index in [-0.39, 0.29) is 5.41 Å². The molecule has 11 aromatic rings. The van der Waals surface area contributed by atoms with Crippen molar-refractivity contribution in [1.82, 2.24) is 4.98 Å². The van der Waals surface area contributed by atoms with Crippen molar-refractivity contribution in [3.63, 3.8) is 0 Å². The summed E-state index contributed by atoms with van der Waals surface area (Å²) >= 11 is 0. The first-order chi connectivity index (χ1) is 34.5. The second kappa shape index (κ2) is 13.9. The second-order valence-corrected chi connectivity index (χ2v) is 20.8. The van der Waals surface area contributed by atoms with Crippen molar-refractivity contribution < 1.29 is 4.42 Å². The Balaban J connectivity index is 1.02. The summed E-state index contributed by atoms with van der Waals surface area (Å²) in [6, 6.07) is 62.2. The van der Waals surface area contributed by atoms with Gasteiger partial charge in [0, 0.05) is 34.7 Å². The van der Waals surface area contributed by atoms with Gasteiger partial charge in [0.2, 0.25) is 5.89 Å². The summed E-state index contributed by atoms with van der Waals surface area (Å²) in [5.74, 6) is 2.04. The summed E-state index contributed by atoms with van der Waals surface area (Å²) in [5, 5.41) is 10.6. The Kier molecular flexibility index (Phi) is 7.67. The maximum absolute atomic E-state index is 6.22. The third-order valence-electron chi connectivity index (χ3n) is 17.0. The molecule has 70 heavy (non-hydrogen) atoms. The topological polar surface area (TPSA) is 26.0 Å². The summed E-state index contributed by atoms with van der Waals surface area (Å²) in [5.41, 5.74) is 21.1. The molecule has 5 aliphatic rings. The van der Waals surface area contributed by atoms with Gasteiger partial charge < -0.3 is 4.42 Å². The Labute approximate surface area is 406 Å². The van der Waals surface area contributed by atoms with Crippen LogP contribution in [-0.2, 0) is 5.41 Å². The van der Waals surface area contributed by atoms with Crippen LogP contribution < -0.4 is 0 Å². The molecule has 2 heteroatoms. The lowest BCUT2D eigenvalue weighted by molar-refractivity contribution is 0.620. The minimum absolute atomic E-state index is 0.180. The number of hydrogen-bond acceptors (Lipinski definition) is 2. The van der Waals surface area contributed by atoms with E-state index in [2.05, 4.69) is 202 Å². The van der Waals surface area contributed by atoms with E-state index in [1.54, 1.807) is 0 Å². The number of benzene rings is 10. The highest BCUT2D eigenvalue weighted by molar-refractivity contribution is 6.27. The van der Waals surface area contributed by atoms with Gasteiger partial charge in [-0.3, -0.25) is 0 Å². The number of oxazole rings is 1. The number of hydrogen-bond donors (Lipinski definition) is 0. The van der Waals surface area contributed by atoms with Crippen LogP contribution in [0.3, 0.4) is 0 Å². The van der Waals surface area contributed by atoms with E-state index in [1.165, 1.54) is 115 Å². The fourth-order valence-corrected chi connectivity index (χ4v) is 13.9. The van der Waals surface area contributed by atoms with Gasteiger partial charge in [0.25, 0.3) is 0 Å². The summed E-state index contributed by atoms with van der Waals surface area (Å²) in [4.78, 5) is 4.83. The van der Waals surface area contributed by atoms with Crippen molar-refractivity contribution >= 4 is 54.2 Å². The molecule has 10 aromatic carbocycles. The molecule has 0 fully saturated rings. The van der Waals surface area contributed by atoms with Gasteiger partial charge in [0.05, 0.1) is 0 Å². The van der Waals surface area contributed by atoms with E-state index in [0.717, 1.165) is 22.2 Å². The van der Waals surface area contributed by atoms with Crippen LogP contribution in [0.2, 0.25) is 0 Å². The van der Waals surface area contributed by atoms with Gasteiger partial charge in [-0.05, 0) is 163 Å². The molecule has 5 aliphatic carbocycles. The van der Waals surface area contributed by atoms with Crippen molar-refractivity contribution in [2.75, 3.05) is 0 Å². The summed E-state index contributed by atoms with van der Waals surface area (Å²) < 4.78 is 6.22. The van der Waals surface area contributed by atoms with E-state index in [4.69, 9.17) is 9.40 Å². The highest BCUT2D eigenvalue weighted by Gasteiger charge is 2.38. The molecular formula is C68H45NO. The minimum atomic E-state index is -0.180. The first kappa shape index (κ1) is 38.6. The standard InChI is InChI=1S/C68H45NO/c1-68(2)59-22-8-7-17-45(59)55-36-57-58(37-60(55)68)66(53-34-32-51-44-16-6-4-14-42(44)47-19-12-21-49(53)64(47)51)56-35-40(38-25-27-39(28-26-38)67-69-61-23-9-10-24-62(61)70-67)29-30-54(56)65(57)52-33-31-50-43-15-5-3-13-41(43)46-18-11-20-48(52)63(46)50/h3-37,41-44H,1-2H3. The third kappa shape index (κ3) is 5.10. The molecule has 0 saturated carbocycles. The van der Waals surface area contributed by atoms with Crippen LogP contribution >= 0.6 is 0 Å². The zero-order chi connectivity index (χ0) is 46.0. The first-order valence-electron chi connectivity index (χ1n) is 24.9. The van der Waals surface area contributed by atoms with Gasteiger partial charge in [-0.15, -0.1) is 0 Å². The van der Waals surface area contributed by atoms with Crippen LogP contribution in [0.15, 0.2) is 217 Å². The van der Waals surface area contributed by atoms with Crippen molar-refractivity contribution in [2.45, 2.75) is 42.9 Å². The van der Waals surface area contributed by atoms with Crippen LogP contribution in [0.4, 0.5) is 0 Å². The molecule has 2 nitrogen and oxygen atoms in total. The number of nitrogens with zero attached hydrogens (tertiary/aromatic N) is 1. The number of fused-ring (bicyclic) bond motifs is 12. The smallest absolute Gasteiger partial charge is 0.227 e. The van der Waals surface area contributed by atoms with Gasteiger partial charge in [-0.1, -0.05) is 184 Å². The molecule has 0 radical (unpaired) electrons. The number of aromatic nitrogens is 1. The molecule has 1 heterocycles. The average Bonchev–Trinajstić information content (AvgIpc) is 4.15. The molecule has 4 unspecified atom stereocenters. The van der Waals surface area contributed by atoms with E-state index in [0.29, 0.717) is 29.6 Å². The van der Waals surface area contributed by atoms with Crippen molar-refractivity contribution in [2.24, 2.45) is 0 Å². The third-order valence-corrected chi connectivity index (χ3v) is 17.0. The summed E-state index contributed by atoms with van der Waals surface area (Å²) in [6.07, 6.45) is 18.5. The van der Waals surface area contributed by atoms with Gasteiger partial charge in [0.15, 0.2) is 5.58 Å². The lowest BCUT2D eigenvalue weighted by Gasteiger charge is -2.25. The predicted octanol–water partition coefficient (Wildman–Crippen LogP) is 18.0. The van der Waals surface area contributed by atoms with Gasteiger partial charge in [-0.25, -0.2) is 4.98 Å². The lowest BCUT2D eigenvalue weighted by Crippen LogP contribution is -2.14. The number of para-hydroxylation sites is 2. The largest absolute Gasteiger partial charge is 0.436 e. The van der Waals surface area contributed by atoms with Gasteiger partial charge >= 0.3 is 0 Å². The fraction of sp³-hybridized carbons (Fsp3) is 0.103. The lowest BCUT2D eigenvalue weighted by atomic mass is 9.78. The van der Waals surface area contributed by atoms with Crippen molar-refractivity contribution in [3.8, 4) is 56.0 Å². The highest BCUT2D eigenvalue weighted by atomic mass is 16.3. The molecule has 0 saturated heterocycles. The Morgan fingerprint density at radius 3 is 1.59 bits per heavy atom. The molecule has 1 aromatic heterocycles. The Morgan fingerprint density at radius 1 is 0.386 bits per heavy atom. The first-order valence-corrected chi connectivity index (χ1v) is 24.9. The summed E-state index contributed by atoms with van der Waals surface area (Å²) in [7, 11) is 0. The molecule has 0 bridgehead atoms. The zero-order valence-electron chi connectivity index (χ0n) is 38.9. The second-order valence-electron chi connectivity index (χ2n) is 20.8. The molecule has 4 atom stereocenters. The highest BCUT2D eigenvalue weighted by Crippen LogP contribution is 2.58. The molecule has 328 valence electrons. The quantitative estimate of drug-likeness (QED) is 0.165. The van der Waals surface area contributed by atoms with E-state index in [1.807, 2.05) is 24.3 Å². The van der Waals surface area contributed by atoms with Crippen LogP contribution in [-0.4, -0.2) is 4.98 Å². The minimum Gasteiger partial charge on any atom is -0.436 e. The van der Waals surface area contributed by atoms with Gasteiger partial charge in [-0.2, -0.15) is 0 Å². The predicted molar refractivity (Wildman–Crippen MR) is 291 cm³/mol. The Morgan fingerprint density at radius 2 is 0.929 bits per heavy atom. The van der Waals surface area contributed by atoms with Crippen LogP contribution in [0.25, 0.3) is 110 Å². The van der Waals surface area contributed by atoms with Gasteiger partial charge in [0.1, 0.15) is 5.52 Å². The fourth-order valence-electron chi connectivity index (χ4n) is 13.9. The molecule has 0 amide bonds. The van der Waals surface area contributed by atoms with Crippen molar-refractivity contribution in [3.05, 3.63) is 246 Å². The van der Waals surface area contributed by atoms with Crippen LogP contribution in [0.5, 0.6) is 0 Å². The molecule has 16 rings (SSSR count). The maximum atomic E-state index is 6.22. The van der Waals surface area contributed by atoms with Crippen LogP contribution in [0.1, 0.15) is 70.9 Å². The molecule has 0 spiro atoms. The van der Waals surface area contributed by atoms with E-state index in [9.17, 15) is 0 Å². The normalized spacial score (nSPS) is 19.5. The number of rotatable bonds is 4. The van der Waals surface area contributed by atoms with Crippen molar-refractivity contribution in [1.29, 1.82) is 0 Å². The summed E-state index contributed by atoms with van der Waals surface area (Å²) in [6.45, 7) is 4.84. The molecule has 0 aliphatic heterocycles. The zero-order valence-corrected chi connectivity index (χ0v) is 38.9. The average molecular weight is 892 g/mol. The number of allylic oxidation sites excluding steroid dienone is 8. The van der Waals surface area contributed by atoms with Crippen LogP contribution in [0, 0.1) is 0 Å². The Hall–Kier alpha value is -8.33.